The van der Waals surface area contributed by atoms with E-state index in [1.165, 1.54) is 0 Å². The van der Waals surface area contributed by atoms with Gasteiger partial charge in [0.05, 0.1) is 13.7 Å². The Labute approximate surface area is 165 Å². The van der Waals surface area contributed by atoms with E-state index in [2.05, 4.69) is 5.32 Å². The molecule has 0 aliphatic carbocycles. The summed E-state index contributed by atoms with van der Waals surface area (Å²) in [4.78, 5) is 27.3. The van der Waals surface area contributed by atoms with Crippen molar-refractivity contribution in [3.05, 3.63) is 54.1 Å². The fraction of sp³-hybridized carbons (Fsp3) is 0.364. The second kappa shape index (κ2) is 9.37. The van der Waals surface area contributed by atoms with Crippen LogP contribution in [-0.4, -0.2) is 56.7 Å². The van der Waals surface area contributed by atoms with Gasteiger partial charge in [-0.3, -0.25) is 9.59 Å². The first-order valence-corrected chi connectivity index (χ1v) is 9.46. The summed E-state index contributed by atoms with van der Waals surface area (Å²) in [7, 11) is 3.22. The van der Waals surface area contributed by atoms with Crippen LogP contribution in [-0.2, 0) is 9.53 Å². The molecule has 0 radical (unpaired) electrons. The van der Waals surface area contributed by atoms with E-state index in [1.807, 2.05) is 42.5 Å². The van der Waals surface area contributed by atoms with E-state index in [9.17, 15) is 9.59 Å². The molecule has 2 aromatic rings. The lowest BCUT2D eigenvalue weighted by Gasteiger charge is -2.24. The lowest BCUT2D eigenvalue weighted by Crippen LogP contribution is -2.46. The lowest BCUT2D eigenvalue weighted by atomic mass is 10.0. The Bertz CT molecular complexity index is 837. The lowest BCUT2D eigenvalue weighted by molar-refractivity contribution is -0.125. The largest absolute Gasteiger partial charge is 0.496 e. The molecule has 0 bridgehead atoms. The van der Waals surface area contributed by atoms with E-state index < -0.39 is 6.04 Å². The fourth-order valence-electron chi connectivity index (χ4n) is 3.55. The summed E-state index contributed by atoms with van der Waals surface area (Å²) in [5.41, 5.74) is 2.40. The van der Waals surface area contributed by atoms with Crippen molar-refractivity contribution in [2.45, 2.75) is 18.9 Å². The summed E-state index contributed by atoms with van der Waals surface area (Å²) in [6, 6.07) is 14.7. The number of ether oxygens (including phenoxy) is 2. The molecule has 2 amide bonds. The highest BCUT2D eigenvalue weighted by molar-refractivity contribution is 5.99. The van der Waals surface area contributed by atoms with Gasteiger partial charge in [0.2, 0.25) is 5.91 Å². The number of hydrogen-bond acceptors (Lipinski definition) is 4. The standard InChI is InChI=1S/C22H26N2O4/c1-27-14-12-23-21(25)19-10-6-13-24(19)22(26)17-8-5-7-16(15-17)18-9-3-4-11-20(18)28-2/h3-5,7-9,11,15,19H,6,10,12-14H2,1-2H3,(H,23,25)/t19-/m0/s1. The monoisotopic (exact) mass is 382 g/mol. The topological polar surface area (TPSA) is 67.9 Å². The second-order valence-corrected chi connectivity index (χ2v) is 6.72. The molecular weight excluding hydrogens is 356 g/mol. The maximum absolute atomic E-state index is 13.1. The van der Waals surface area contributed by atoms with Crippen molar-refractivity contribution in [1.29, 1.82) is 0 Å². The number of methoxy groups -OCH3 is 2. The van der Waals surface area contributed by atoms with Gasteiger partial charge >= 0.3 is 0 Å². The van der Waals surface area contributed by atoms with Gasteiger partial charge in [-0.2, -0.15) is 0 Å². The van der Waals surface area contributed by atoms with Crippen molar-refractivity contribution in [3.63, 3.8) is 0 Å². The maximum atomic E-state index is 13.1. The van der Waals surface area contributed by atoms with Crippen LogP contribution in [0.5, 0.6) is 5.75 Å². The van der Waals surface area contributed by atoms with E-state index in [1.54, 1.807) is 25.2 Å². The molecule has 0 saturated carbocycles. The van der Waals surface area contributed by atoms with Crippen LogP contribution in [0, 0.1) is 0 Å². The smallest absolute Gasteiger partial charge is 0.254 e. The van der Waals surface area contributed by atoms with E-state index in [0.29, 0.717) is 31.7 Å². The van der Waals surface area contributed by atoms with Crippen LogP contribution in [0.25, 0.3) is 11.1 Å². The summed E-state index contributed by atoms with van der Waals surface area (Å²) in [6.45, 7) is 1.48. The normalized spacial score (nSPS) is 16.1. The molecule has 6 nitrogen and oxygen atoms in total. The van der Waals surface area contributed by atoms with Crippen LogP contribution in [0.4, 0.5) is 0 Å². The van der Waals surface area contributed by atoms with Crippen LogP contribution in [0.3, 0.4) is 0 Å². The van der Waals surface area contributed by atoms with Gasteiger partial charge in [0.15, 0.2) is 0 Å². The third-order valence-corrected chi connectivity index (χ3v) is 4.95. The number of hydrogen-bond donors (Lipinski definition) is 1. The van der Waals surface area contributed by atoms with Crippen molar-refractivity contribution < 1.29 is 19.1 Å². The molecule has 1 heterocycles. The van der Waals surface area contributed by atoms with Crippen molar-refractivity contribution in [2.24, 2.45) is 0 Å². The molecule has 28 heavy (non-hydrogen) atoms. The van der Waals surface area contributed by atoms with Gasteiger partial charge in [-0.15, -0.1) is 0 Å². The van der Waals surface area contributed by atoms with Crippen molar-refractivity contribution >= 4 is 11.8 Å². The Hall–Kier alpha value is -2.86. The predicted molar refractivity (Wildman–Crippen MR) is 107 cm³/mol. The second-order valence-electron chi connectivity index (χ2n) is 6.72. The number of benzene rings is 2. The van der Waals surface area contributed by atoms with E-state index in [4.69, 9.17) is 9.47 Å². The number of carbonyl (C=O) groups is 2. The van der Waals surface area contributed by atoms with Crippen molar-refractivity contribution in [2.75, 3.05) is 33.9 Å². The van der Waals surface area contributed by atoms with Crippen molar-refractivity contribution in [3.8, 4) is 16.9 Å². The third-order valence-electron chi connectivity index (χ3n) is 4.95. The highest BCUT2D eigenvalue weighted by atomic mass is 16.5. The Morgan fingerprint density at radius 2 is 1.96 bits per heavy atom. The average Bonchev–Trinajstić information content (AvgIpc) is 3.23. The summed E-state index contributed by atoms with van der Waals surface area (Å²) < 4.78 is 10.4. The van der Waals surface area contributed by atoms with Gasteiger partial charge in [-0.25, -0.2) is 0 Å². The van der Waals surface area contributed by atoms with E-state index >= 15 is 0 Å². The van der Waals surface area contributed by atoms with Crippen LogP contribution in [0.2, 0.25) is 0 Å². The Kier molecular flexibility index (Phi) is 6.66. The molecule has 1 aliphatic rings. The fourth-order valence-corrected chi connectivity index (χ4v) is 3.55. The molecule has 0 aromatic heterocycles. The molecular formula is C22H26N2O4. The molecule has 1 fully saturated rings. The minimum atomic E-state index is -0.431. The quantitative estimate of drug-likeness (QED) is 0.748. The molecule has 3 rings (SSSR count). The van der Waals surface area contributed by atoms with Gasteiger partial charge in [0, 0.05) is 31.3 Å². The molecule has 1 aliphatic heterocycles. The minimum absolute atomic E-state index is 0.121. The zero-order chi connectivity index (χ0) is 19.9. The number of likely N-dealkylation sites (tertiary alicyclic amines) is 1. The Balaban J connectivity index is 1.79. The zero-order valence-electron chi connectivity index (χ0n) is 16.3. The highest BCUT2D eigenvalue weighted by Crippen LogP contribution is 2.30. The predicted octanol–water partition coefficient (Wildman–Crippen LogP) is 2.73. The molecule has 6 heteroatoms. The van der Waals surface area contributed by atoms with Gasteiger partial charge in [-0.05, 0) is 36.6 Å². The summed E-state index contributed by atoms with van der Waals surface area (Å²) in [6.07, 6.45) is 1.50. The summed E-state index contributed by atoms with van der Waals surface area (Å²) in [5.74, 6) is 0.508. The number of nitrogens with zero attached hydrogens (tertiary/aromatic N) is 1. The number of para-hydroxylation sites is 1. The first kappa shape index (κ1) is 19.9. The van der Waals surface area contributed by atoms with E-state index in [-0.39, 0.29) is 11.8 Å². The zero-order valence-corrected chi connectivity index (χ0v) is 16.3. The Morgan fingerprint density at radius 3 is 2.75 bits per heavy atom. The number of amides is 2. The SMILES string of the molecule is COCCNC(=O)[C@@H]1CCCN1C(=O)c1cccc(-c2ccccc2OC)c1. The number of carbonyl (C=O) groups excluding carboxylic acids is 2. The van der Waals surface area contributed by atoms with Crippen molar-refractivity contribution in [1.82, 2.24) is 10.2 Å². The average molecular weight is 382 g/mol. The summed E-state index contributed by atoms with van der Waals surface area (Å²) in [5, 5.41) is 2.84. The molecule has 0 spiro atoms. The van der Waals surface area contributed by atoms with Crippen LogP contribution in [0.1, 0.15) is 23.2 Å². The van der Waals surface area contributed by atoms with Gasteiger partial charge in [0.25, 0.3) is 5.91 Å². The van der Waals surface area contributed by atoms with E-state index in [0.717, 1.165) is 23.3 Å². The van der Waals surface area contributed by atoms with Gasteiger partial charge in [-0.1, -0.05) is 30.3 Å². The molecule has 1 saturated heterocycles. The number of nitrogens with one attached hydrogen (secondary N) is 1. The van der Waals surface area contributed by atoms with Crippen LogP contribution in [0.15, 0.2) is 48.5 Å². The molecule has 1 N–H and O–H groups in total. The molecule has 0 unspecified atom stereocenters. The van der Waals surface area contributed by atoms with Gasteiger partial charge < -0.3 is 19.7 Å². The maximum Gasteiger partial charge on any atom is 0.254 e. The van der Waals surface area contributed by atoms with Gasteiger partial charge in [0.1, 0.15) is 11.8 Å². The summed E-state index contributed by atoms with van der Waals surface area (Å²) >= 11 is 0. The van der Waals surface area contributed by atoms with Crippen LogP contribution >= 0.6 is 0 Å². The highest BCUT2D eigenvalue weighted by Gasteiger charge is 2.34. The Morgan fingerprint density at radius 1 is 1.14 bits per heavy atom. The third kappa shape index (κ3) is 4.34. The molecule has 2 aromatic carbocycles. The minimum Gasteiger partial charge on any atom is -0.496 e. The first-order chi connectivity index (χ1) is 13.7. The molecule has 148 valence electrons. The first-order valence-electron chi connectivity index (χ1n) is 9.46. The van der Waals surface area contributed by atoms with Crippen LogP contribution < -0.4 is 10.1 Å². The number of rotatable bonds is 7. The molecule has 1 atom stereocenters.